The van der Waals surface area contributed by atoms with Crippen molar-refractivity contribution in [1.29, 1.82) is 0 Å². The number of carbonyl (C=O) groups is 1. The van der Waals surface area contributed by atoms with Gasteiger partial charge in [0.15, 0.2) is 0 Å². The Bertz CT molecular complexity index is 261. The first-order valence-corrected chi connectivity index (χ1v) is 7.09. The molecule has 1 unspecified atom stereocenters. The third-order valence-electron chi connectivity index (χ3n) is 3.22. The van der Waals surface area contributed by atoms with Gasteiger partial charge in [0.2, 0.25) is 5.91 Å². The molecule has 0 saturated carbocycles. The predicted molar refractivity (Wildman–Crippen MR) is 73.4 cm³/mol. The van der Waals surface area contributed by atoms with Gasteiger partial charge in [-0.1, -0.05) is 12.8 Å². The highest BCUT2D eigenvalue weighted by atomic mass is 16.3. The summed E-state index contributed by atoms with van der Waals surface area (Å²) < 4.78 is 0. The molecule has 0 spiro atoms. The number of rotatable bonds is 4. The molecule has 0 aromatic rings. The van der Waals surface area contributed by atoms with E-state index in [0.29, 0.717) is 19.5 Å². The Morgan fingerprint density at radius 3 is 2.61 bits per heavy atom. The van der Waals surface area contributed by atoms with E-state index in [2.05, 4.69) is 26.1 Å². The summed E-state index contributed by atoms with van der Waals surface area (Å²) in [7, 11) is 0. The van der Waals surface area contributed by atoms with Crippen LogP contribution in [0.25, 0.3) is 0 Å². The molecule has 18 heavy (non-hydrogen) atoms. The number of hydrogen-bond acceptors (Lipinski definition) is 3. The minimum absolute atomic E-state index is 0.00125. The number of nitrogens with one attached hydrogen (secondary N) is 1. The van der Waals surface area contributed by atoms with Gasteiger partial charge >= 0.3 is 0 Å². The van der Waals surface area contributed by atoms with Crippen LogP contribution in [0.15, 0.2) is 0 Å². The molecule has 4 nitrogen and oxygen atoms in total. The maximum atomic E-state index is 11.9. The van der Waals surface area contributed by atoms with Gasteiger partial charge in [0.1, 0.15) is 0 Å². The molecule has 1 atom stereocenters. The molecule has 1 heterocycles. The average molecular weight is 256 g/mol. The third kappa shape index (κ3) is 6.36. The van der Waals surface area contributed by atoms with Crippen LogP contribution in [0, 0.1) is 0 Å². The fraction of sp³-hybridized carbons (Fsp3) is 0.929. The molecule has 2 N–H and O–H groups in total. The van der Waals surface area contributed by atoms with E-state index in [9.17, 15) is 9.90 Å². The third-order valence-corrected chi connectivity index (χ3v) is 3.22. The van der Waals surface area contributed by atoms with Crippen molar-refractivity contribution in [2.24, 2.45) is 0 Å². The largest absolute Gasteiger partial charge is 0.390 e. The number of likely N-dealkylation sites (tertiary alicyclic amines) is 1. The molecule has 0 aromatic heterocycles. The second kappa shape index (κ2) is 7.10. The van der Waals surface area contributed by atoms with Crippen LogP contribution in [0.3, 0.4) is 0 Å². The monoisotopic (exact) mass is 256 g/mol. The lowest BCUT2D eigenvalue weighted by Crippen LogP contribution is -2.46. The molecule has 0 bridgehead atoms. The smallest absolute Gasteiger partial charge is 0.222 e. The summed E-state index contributed by atoms with van der Waals surface area (Å²) in [6, 6.07) is 0. The Kier molecular flexibility index (Phi) is 6.09. The Balaban J connectivity index is 2.36. The summed E-state index contributed by atoms with van der Waals surface area (Å²) >= 11 is 0. The predicted octanol–water partition coefficient (Wildman–Crippen LogP) is 1.53. The first-order chi connectivity index (χ1) is 8.38. The second-order valence-corrected chi connectivity index (χ2v) is 6.29. The van der Waals surface area contributed by atoms with Gasteiger partial charge < -0.3 is 15.3 Å². The fourth-order valence-electron chi connectivity index (χ4n) is 2.15. The van der Waals surface area contributed by atoms with Crippen LogP contribution in [0.2, 0.25) is 0 Å². The number of aliphatic hydroxyl groups is 1. The number of hydrogen-bond donors (Lipinski definition) is 2. The van der Waals surface area contributed by atoms with Crippen molar-refractivity contribution < 1.29 is 9.90 Å². The summed E-state index contributed by atoms with van der Waals surface area (Å²) in [6.07, 6.45) is 4.57. The number of amides is 1. The molecule has 4 heteroatoms. The molecule has 1 aliphatic rings. The van der Waals surface area contributed by atoms with E-state index in [1.807, 2.05) is 4.90 Å². The van der Waals surface area contributed by atoms with Crippen LogP contribution >= 0.6 is 0 Å². The summed E-state index contributed by atoms with van der Waals surface area (Å²) in [4.78, 5) is 13.7. The van der Waals surface area contributed by atoms with Crippen molar-refractivity contribution in [2.45, 2.75) is 64.5 Å². The first kappa shape index (κ1) is 15.4. The highest BCUT2D eigenvalue weighted by Gasteiger charge is 2.19. The standard InChI is InChI=1S/C14H28N2O2/c1-14(2,3)15-10-12(17)11-16-9-7-5-4-6-8-13(16)18/h12,15,17H,4-11H2,1-3H3. The van der Waals surface area contributed by atoms with Crippen LogP contribution in [-0.2, 0) is 4.79 Å². The Labute approximate surface area is 111 Å². The molecule has 1 aliphatic heterocycles. The van der Waals surface area contributed by atoms with E-state index >= 15 is 0 Å². The van der Waals surface area contributed by atoms with Gasteiger partial charge in [-0.05, 0) is 33.6 Å². The quantitative estimate of drug-likeness (QED) is 0.802. The molecule has 1 rings (SSSR count). The number of β-amino-alcohol motifs (C(OH)–C–C–N with tert-alkyl or cyclic N) is 1. The first-order valence-electron chi connectivity index (χ1n) is 7.09. The average Bonchev–Trinajstić information content (AvgIpc) is 2.25. The SMILES string of the molecule is CC(C)(C)NCC(O)CN1CCCCCCC1=O. The van der Waals surface area contributed by atoms with Crippen LogP contribution < -0.4 is 5.32 Å². The van der Waals surface area contributed by atoms with Crippen molar-refractivity contribution in [3.8, 4) is 0 Å². The van der Waals surface area contributed by atoms with Crippen molar-refractivity contribution >= 4 is 5.91 Å². The molecule has 0 radical (unpaired) electrons. The summed E-state index contributed by atoms with van der Waals surface area (Å²) in [5.41, 5.74) is 0.00125. The lowest BCUT2D eigenvalue weighted by molar-refractivity contribution is -0.133. The zero-order valence-corrected chi connectivity index (χ0v) is 12.0. The second-order valence-electron chi connectivity index (χ2n) is 6.29. The number of nitrogens with zero attached hydrogens (tertiary/aromatic N) is 1. The van der Waals surface area contributed by atoms with Gasteiger partial charge in [-0.3, -0.25) is 4.79 Å². The molecular weight excluding hydrogens is 228 g/mol. The van der Waals surface area contributed by atoms with Crippen LogP contribution in [0.5, 0.6) is 0 Å². The van der Waals surface area contributed by atoms with E-state index in [1.54, 1.807) is 0 Å². The molecular formula is C14H28N2O2. The van der Waals surface area contributed by atoms with Gasteiger partial charge in [-0.15, -0.1) is 0 Å². The van der Waals surface area contributed by atoms with Gasteiger partial charge in [0.05, 0.1) is 6.10 Å². The number of carbonyl (C=O) groups excluding carboxylic acids is 1. The van der Waals surface area contributed by atoms with E-state index in [1.165, 1.54) is 6.42 Å². The Morgan fingerprint density at radius 2 is 1.94 bits per heavy atom. The van der Waals surface area contributed by atoms with E-state index in [0.717, 1.165) is 25.8 Å². The molecule has 1 saturated heterocycles. The van der Waals surface area contributed by atoms with Gasteiger partial charge in [-0.25, -0.2) is 0 Å². The topological polar surface area (TPSA) is 52.6 Å². The highest BCUT2D eigenvalue weighted by molar-refractivity contribution is 5.76. The van der Waals surface area contributed by atoms with Crippen molar-refractivity contribution in [2.75, 3.05) is 19.6 Å². The molecule has 106 valence electrons. The van der Waals surface area contributed by atoms with Crippen molar-refractivity contribution in [3.05, 3.63) is 0 Å². The van der Waals surface area contributed by atoms with Gasteiger partial charge in [-0.2, -0.15) is 0 Å². The molecule has 1 fully saturated rings. The Hall–Kier alpha value is -0.610. The summed E-state index contributed by atoms with van der Waals surface area (Å²) in [6.45, 7) is 8.00. The van der Waals surface area contributed by atoms with Gasteiger partial charge in [0.25, 0.3) is 0 Å². The lowest BCUT2D eigenvalue weighted by atomic mass is 10.1. The maximum Gasteiger partial charge on any atom is 0.222 e. The van der Waals surface area contributed by atoms with Crippen LogP contribution in [0.1, 0.15) is 52.9 Å². The van der Waals surface area contributed by atoms with Crippen molar-refractivity contribution in [1.82, 2.24) is 10.2 Å². The van der Waals surface area contributed by atoms with E-state index in [-0.39, 0.29) is 11.4 Å². The molecule has 0 aromatic carbocycles. The Morgan fingerprint density at radius 1 is 1.28 bits per heavy atom. The molecule has 1 amide bonds. The zero-order valence-electron chi connectivity index (χ0n) is 12.0. The summed E-state index contributed by atoms with van der Waals surface area (Å²) in [5, 5.41) is 13.3. The minimum atomic E-state index is -0.479. The van der Waals surface area contributed by atoms with Crippen molar-refractivity contribution in [3.63, 3.8) is 0 Å². The minimum Gasteiger partial charge on any atom is -0.390 e. The van der Waals surface area contributed by atoms with E-state index in [4.69, 9.17) is 0 Å². The maximum absolute atomic E-state index is 11.9. The highest BCUT2D eigenvalue weighted by Crippen LogP contribution is 2.12. The number of aliphatic hydroxyl groups excluding tert-OH is 1. The normalized spacial score (nSPS) is 20.4. The fourth-order valence-corrected chi connectivity index (χ4v) is 2.15. The van der Waals surface area contributed by atoms with Crippen LogP contribution in [-0.4, -0.2) is 47.2 Å². The van der Waals surface area contributed by atoms with Crippen LogP contribution in [0.4, 0.5) is 0 Å². The summed E-state index contributed by atoms with van der Waals surface area (Å²) in [5.74, 6) is 0.199. The zero-order chi connectivity index (χ0) is 13.6. The van der Waals surface area contributed by atoms with E-state index < -0.39 is 6.10 Å². The lowest BCUT2D eigenvalue weighted by Gasteiger charge is -2.29. The van der Waals surface area contributed by atoms with Gasteiger partial charge in [0, 0.05) is 31.6 Å². The molecule has 0 aliphatic carbocycles.